The van der Waals surface area contributed by atoms with Crippen LogP contribution in [0.15, 0.2) is 29.3 Å². The van der Waals surface area contributed by atoms with Crippen LogP contribution >= 0.6 is 24.0 Å². The van der Waals surface area contributed by atoms with Gasteiger partial charge in [0, 0.05) is 65.1 Å². The van der Waals surface area contributed by atoms with E-state index in [2.05, 4.69) is 15.1 Å². The molecule has 0 radical (unpaired) electrons. The maximum absolute atomic E-state index is 12.4. The topological polar surface area (TPSA) is 104 Å². The molecule has 0 unspecified atom stereocenters. The summed E-state index contributed by atoms with van der Waals surface area (Å²) in [7, 11) is 1.66. The van der Waals surface area contributed by atoms with Gasteiger partial charge in [-0.05, 0) is 18.4 Å². The number of non-ortho nitro benzene ring substituents is 1. The fourth-order valence-corrected chi connectivity index (χ4v) is 3.80. The SMILES string of the molecule is COCCNC(=NCc1ccc([N+](=O)[O-])cc1)N1CCN(CC(=O)N2CCCC2)CC1.I. The van der Waals surface area contributed by atoms with E-state index in [9.17, 15) is 14.9 Å². The van der Waals surface area contributed by atoms with Crippen molar-refractivity contribution in [3.05, 3.63) is 39.9 Å². The Kier molecular flexibility index (Phi) is 11.1. The number of nitrogens with zero attached hydrogens (tertiary/aromatic N) is 5. The van der Waals surface area contributed by atoms with Gasteiger partial charge < -0.3 is 19.9 Å². The number of nitrogens with one attached hydrogen (secondary N) is 1. The number of guanidine groups is 1. The molecular weight excluding hydrogens is 527 g/mol. The van der Waals surface area contributed by atoms with E-state index in [0.29, 0.717) is 26.2 Å². The lowest BCUT2D eigenvalue weighted by molar-refractivity contribution is -0.384. The van der Waals surface area contributed by atoms with Gasteiger partial charge in [0.05, 0.1) is 24.6 Å². The number of likely N-dealkylation sites (tertiary alicyclic amines) is 1. The number of carbonyl (C=O) groups is 1. The van der Waals surface area contributed by atoms with Crippen molar-refractivity contribution >= 4 is 41.5 Å². The minimum absolute atomic E-state index is 0. The number of hydrogen-bond acceptors (Lipinski definition) is 6. The van der Waals surface area contributed by atoms with Crippen LogP contribution in [0.1, 0.15) is 18.4 Å². The van der Waals surface area contributed by atoms with Crippen molar-refractivity contribution in [2.24, 2.45) is 4.99 Å². The Morgan fingerprint density at radius 3 is 2.34 bits per heavy atom. The monoisotopic (exact) mass is 560 g/mol. The van der Waals surface area contributed by atoms with Gasteiger partial charge in [0.2, 0.25) is 5.91 Å². The zero-order valence-electron chi connectivity index (χ0n) is 18.6. The van der Waals surface area contributed by atoms with Gasteiger partial charge in [0.15, 0.2) is 5.96 Å². The molecule has 0 atom stereocenters. The van der Waals surface area contributed by atoms with E-state index in [0.717, 1.165) is 63.6 Å². The Morgan fingerprint density at radius 2 is 1.75 bits per heavy atom. The standard InChI is InChI=1S/C21H32N6O4.HI/c1-31-15-8-22-21(23-16-18-4-6-19(7-5-18)27(29)30)26-13-11-24(12-14-26)17-20(28)25-9-2-3-10-25;/h4-7H,2-3,8-17H2,1H3,(H,22,23);1H. The molecule has 1 aromatic carbocycles. The molecule has 2 saturated heterocycles. The van der Waals surface area contributed by atoms with Crippen molar-refractivity contribution in [1.82, 2.24) is 20.0 Å². The quantitative estimate of drug-likeness (QED) is 0.129. The second-order valence-electron chi connectivity index (χ2n) is 7.83. The van der Waals surface area contributed by atoms with E-state index in [1.807, 2.05) is 4.90 Å². The molecule has 0 aromatic heterocycles. The lowest BCUT2D eigenvalue weighted by atomic mass is 10.2. The van der Waals surface area contributed by atoms with Crippen LogP contribution in [-0.4, -0.2) is 97.6 Å². The second-order valence-corrected chi connectivity index (χ2v) is 7.83. The van der Waals surface area contributed by atoms with Crippen molar-refractivity contribution in [2.45, 2.75) is 19.4 Å². The highest BCUT2D eigenvalue weighted by Gasteiger charge is 2.24. The third-order valence-electron chi connectivity index (χ3n) is 5.64. The number of amides is 1. The number of hydrogen-bond donors (Lipinski definition) is 1. The van der Waals surface area contributed by atoms with Crippen molar-refractivity contribution in [2.75, 3.05) is 66.1 Å². The molecule has 1 amide bonds. The molecule has 2 aliphatic heterocycles. The summed E-state index contributed by atoms with van der Waals surface area (Å²) in [6.45, 7) is 7.09. The molecule has 32 heavy (non-hydrogen) atoms. The van der Waals surface area contributed by atoms with Crippen molar-refractivity contribution < 1.29 is 14.5 Å². The molecule has 0 bridgehead atoms. The maximum Gasteiger partial charge on any atom is 0.269 e. The number of aliphatic imine (C=N–C) groups is 1. The minimum Gasteiger partial charge on any atom is -0.383 e. The predicted octanol–water partition coefficient (Wildman–Crippen LogP) is 1.54. The molecule has 2 fully saturated rings. The first-order valence-electron chi connectivity index (χ1n) is 10.8. The molecule has 2 aliphatic rings. The summed E-state index contributed by atoms with van der Waals surface area (Å²) in [5, 5.41) is 14.2. The van der Waals surface area contributed by atoms with E-state index in [1.165, 1.54) is 12.1 Å². The normalized spacial score (nSPS) is 17.2. The fourth-order valence-electron chi connectivity index (χ4n) is 3.80. The Bertz CT molecular complexity index is 762. The number of halogens is 1. The number of rotatable bonds is 8. The average Bonchev–Trinajstić information content (AvgIpc) is 3.32. The fraction of sp³-hybridized carbons (Fsp3) is 0.619. The number of benzene rings is 1. The number of ether oxygens (including phenoxy) is 1. The van der Waals surface area contributed by atoms with Crippen molar-refractivity contribution in [1.29, 1.82) is 0 Å². The van der Waals surface area contributed by atoms with Crippen LogP contribution in [0.3, 0.4) is 0 Å². The van der Waals surface area contributed by atoms with Gasteiger partial charge in [-0.1, -0.05) is 12.1 Å². The largest absolute Gasteiger partial charge is 0.383 e. The summed E-state index contributed by atoms with van der Waals surface area (Å²) < 4.78 is 5.14. The van der Waals surface area contributed by atoms with E-state index < -0.39 is 4.92 Å². The molecule has 1 N–H and O–H groups in total. The Balaban J connectivity index is 0.00000363. The Morgan fingerprint density at radius 1 is 1.09 bits per heavy atom. The number of nitro groups is 1. The molecule has 1 aromatic rings. The highest BCUT2D eigenvalue weighted by molar-refractivity contribution is 14.0. The summed E-state index contributed by atoms with van der Waals surface area (Å²) in [5.74, 6) is 1.03. The van der Waals surface area contributed by atoms with Gasteiger partial charge in [-0.3, -0.25) is 19.8 Å². The number of methoxy groups -OCH3 is 1. The zero-order valence-corrected chi connectivity index (χ0v) is 20.9. The Labute approximate surface area is 206 Å². The van der Waals surface area contributed by atoms with Crippen LogP contribution in [-0.2, 0) is 16.1 Å². The highest BCUT2D eigenvalue weighted by atomic mass is 127. The molecule has 0 saturated carbocycles. The van der Waals surface area contributed by atoms with Crippen molar-refractivity contribution in [3.63, 3.8) is 0 Å². The van der Waals surface area contributed by atoms with Crippen LogP contribution in [0.5, 0.6) is 0 Å². The molecule has 2 heterocycles. The average molecular weight is 560 g/mol. The summed E-state index contributed by atoms with van der Waals surface area (Å²) in [6.07, 6.45) is 2.22. The summed E-state index contributed by atoms with van der Waals surface area (Å²) in [4.78, 5) is 33.9. The first-order valence-corrected chi connectivity index (χ1v) is 10.8. The van der Waals surface area contributed by atoms with Crippen LogP contribution in [0.2, 0.25) is 0 Å². The summed E-state index contributed by atoms with van der Waals surface area (Å²) in [6, 6.07) is 6.46. The third kappa shape index (κ3) is 7.85. The molecule has 11 heteroatoms. The molecule has 10 nitrogen and oxygen atoms in total. The predicted molar refractivity (Wildman–Crippen MR) is 133 cm³/mol. The molecular formula is C21H33IN6O4. The van der Waals surface area contributed by atoms with Crippen LogP contribution in [0.4, 0.5) is 5.69 Å². The second kappa shape index (κ2) is 13.5. The zero-order chi connectivity index (χ0) is 22.1. The van der Waals surface area contributed by atoms with E-state index in [-0.39, 0.29) is 35.6 Å². The smallest absolute Gasteiger partial charge is 0.269 e. The number of carbonyl (C=O) groups excluding carboxylic acids is 1. The molecule has 0 aliphatic carbocycles. The third-order valence-corrected chi connectivity index (χ3v) is 5.64. The molecule has 0 spiro atoms. The van der Waals surface area contributed by atoms with E-state index in [1.54, 1.807) is 19.2 Å². The minimum atomic E-state index is -0.404. The van der Waals surface area contributed by atoms with Crippen LogP contribution in [0.25, 0.3) is 0 Å². The van der Waals surface area contributed by atoms with E-state index >= 15 is 0 Å². The van der Waals surface area contributed by atoms with Crippen LogP contribution in [0, 0.1) is 10.1 Å². The summed E-state index contributed by atoms with van der Waals surface area (Å²) in [5.41, 5.74) is 0.984. The molecule has 3 rings (SSSR count). The molecule has 178 valence electrons. The Hall–Kier alpha value is -1.99. The van der Waals surface area contributed by atoms with Gasteiger partial charge in [-0.15, -0.1) is 24.0 Å². The van der Waals surface area contributed by atoms with Gasteiger partial charge in [-0.25, -0.2) is 4.99 Å². The van der Waals surface area contributed by atoms with E-state index in [4.69, 9.17) is 9.73 Å². The first-order chi connectivity index (χ1) is 15.1. The maximum atomic E-state index is 12.4. The van der Waals surface area contributed by atoms with Crippen LogP contribution < -0.4 is 5.32 Å². The van der Waals surface area contributed by atoms with Gasteiger partial charge in [0.25, 0.3) is 5.69 Å². The van der Waals surface area contributed by atoms with Gasteiger partial charge >= 0.3 is 0 Å². The summed E-state index contributed by atoms with van der Waals surface area (Å²) >= 11 is 0. The van der Waals surface area contributed by atoms with Gasteiger partial charge in [-0.2, -0.15) is 0 Å². The van der Waals surface area contributed by atoms with Crippen molar-refractivity contribution in [3.8, 4) is 0 Å². The lowest BCUT2D eigenvalue weighted by Gasteiger charge is -2.36. The van der Waals surface area contributed by atoms with Gasteiger partial charge in [0.1, 0.15) is 0 Å². The number of nitro benzene ring substituents is 1. The lowest BCUT2D eigenvalue weighted by Crippen LogP contribution is -2.54. The highest BCUT2D eigenvalue weighted by Crippen LogP contribution is 2.13. The number of piperazine rings is 1. The first kappa shape index (κ1) is 26.3.